The molecule has 5 heteroatoms. The maximum Gasteiger partial charge on any atom is 0.335 e. The van der Waals surface area contributed by atoms with Crippen LogP contribution in [-0.4, -0.2) is 17.0 Å². The number of carbonyl (C=O) groups is 2. The number of amides is 1. The van der Waals surface area contributed by atoms with Gasteiger partial charge < -0.3 is 15.7 Å². The van der Waals surface area contributed by atoms with Crippen LogP contribution in [0.3, 0.4) is 0 Å². The fraction of sp³-hybridized carbons (Fsp3) is 0.0526. The first kappa shape index (κ1) is 14.3. The Balaban J connectivity index is 1.80. The molecule has 5 nitrogen and oxygen atoms in total. The van der Waals surface area contributed by atoms with Crippen LogP contribution in [0.25, 0.3) is 10.8 Å². The van der Waals surface area contributed by atoms with Crippen LogP contribution in [0.15, 0.2) is 60.7 Å². The smallest absolute Gasteiger partial charge is 0.335 e. The fourth-order valence-corrected chi connectivity index (χ4v) is 3.05. The summed E-state index contributed by atoms with van der Waals surface area (Å²) < 4.78 is 0. The highest BCUT2D eigenvalue weighted by Gasteiger charge is 2.26. The van der Waals surface area contributed by atoms with Crippen molar-refractivity contribution in [3.8, 4) is 0 Å². The van der Waals surface area contributed by atoms with E-state index in [0.29, 0.717) is 11.3 Å². The molecule has 4 rings (SSSR count). The number of aromatic carboxylic acids is 1. The highest BCUT2D eigenvalue weighted by molar-refractivity contribution is 6.04. The van der Waals surface area contributed by atoms with Gasteiger partial charge in [-0.15, -0.1) is 0 Å². The molecule has 3 aromatic rings. The number of nitrogens with one attached hydrogen (secondary N) is 2. The van der Waals surface area contributed by atoms with Gasteiger partial charge in [-0.3, -0.25) is 4.79 Å². The van der Waals surface area contributed by atoms with E-state index in [2.05, 4.69) is 10.6 Å². The van der Waals surface area contributed by atoms with E-state index in [9.17, 15) is 9.59 Å². The van der Waals surface area contributed by atoms with Gasteiger partial charge in [-0.25, -0.2) is 4.79 Å². The van der Waals surface area contributed by atoms with Gasteiger partial charge in [-0.2, -0.15) is 0 Å². The van der Waals surface area contributed by atoms with Gasteiger partial charge in [-0.1, -0.05) is 42.5 Å². The Kier molecular flexibility index (Phi) is 3.20. The molecule has 0 fully saturated rings. The van der Waals surface area contributed by atoms with Crippen LogP contribution >= 0.6 is 0 Å². The second kappa shape index (κ2) is 5.38. The number of carboxylic acids is 1. The SMILES string of the molecule is O=C(O)c1ccc2c(c1)NC(c1cccc3ccccc13)NC2=O. The maximum atomic E-state index is 12.4. The van der Waals surface area contributed by atoms with Crippen molar-refractivity contribution in [3.05, 3.63) is 77.4 Å². The molecule has 3 aromatic carbocycles. The molecule has 0 aromatic heterocycles. The summed E-state index contributed by atoms with van der Waals surface area (Å²) >= 11 is 0. The van der Waals surface area contributed by atoms with Crippen LogP contribution in [0.4, 0.5) is 5.69 Å². The minimum atomic E-state index is -1.02. The molecule has 118 valence electrons. The van der Waals surface area contributed by atoms with E-state index in [0.717, 1.165) is 16.3 Å². The topological polar surface area (TPSA) is 78.4 Å². The Morgan fingerprint density at radius 2 is 1.75 bits per heavy atom. The standard InChI is InChI=1S/C19H14N2O3/c22-18-15-9-8-12(19(23)24)10-16(15)20-17(21-18)14-7-3-5-11-4-1-2-6-13(11)14/h1-10,17,20H,(H,21,22)(H,23,24). The van der Waals surface area contributed by atoms with Gasteiger partial charge in [0.15, 0.2) is 0 Å². The number of benzene rings is 3. The fourth-order valence-electron chi connectivity index (χ4n) is 3.05. The van der Waals surface area contributed by atoms with Gasteiger partial charge in [0.25, 0.3) is 5.91 Å². The second-order valence-corrected chi connectivity index (χ2v) is 5.68. The van der Waals surface area contributed by atoms with Crippen molar-refractivity contribution in [1.29, 1.82) is 0 Å². The summed E-state index contributed by atoms with van der Waals surface area (Å²) in [4.78, 5) is 23.6. The van der Waals surface area contributed by atoms with Gasteiger partial charge in [0.2, 0.25) is 0 Å². The van der Waals surface area contributed by atoms with Gasteiger partial charge >= 0.3 is 5.97 Å². The van der Waals surface area contributed by atoms with E-state index in [4.69, 9.17) is 5.11 Å². The molecule has 1 aliphatic rings. The van der Waals surface area contributed by atoms with Crippen molar-refractivity contribution in [2.45, 2.75) is 6.17 Å². The molecule has 0 aliphatic carbocycles. The highest BCUT2D eigenvalue weighted by atomic mass is 16.4. The first-order valence-electron chi connectivity index (χ1n) is 7.56. The molecule has 1 atom stereocenters. The quantitative estimate of drug-likeness (QED) is 0.677. The zero-order valence-corrected chi connectivity index (χ0v) is 12.6. The minimum Gasteiger partial charge on any atom is -0.478 e. The van der Waals surface area contributed by atoms with Crippen molar-refractivity contribution in [3.63, 3.8) is 0 Å². The molecule has 0 saturated carbocycles. The number of hydrogen-bond acceptors (Lipinski definition) is 3. The van der Waals surface area contributed by atoms with E-state index >= 15 is 0 Å². The summed E-state index contributed by atoms with van der Waals surface area (Å²) in [7, 11) is 0. The summed E-state index contributed by atoms with van der Waals surface area (Å²) in [5.41, 5.74) is 2.05. The average molecular weight is 318 g/mol. The number of fused-ring (bicyclic) bond motifs is 2. The normalized spacial score (nSPS) is 16.2. The first-order chi connectivity index (χ1) is 11.6. The highest BCUT2D eigenvalue weighted by Crippen LogP contribution is 2.31. The van der Waals surface area contributed by atoms with Crippen molar-refractivity contribution in [1.82, 2.24) is 5.32 Å². The Morgan fingerprint density at radius 3 is 2.58 bits per heavy atom. The third-order valence-corrected chi connectivity index (χ3v) is 4.22. The van der Waals surface area contributed by atoms with Crippen molar-refractivity contribution in [2.75, 3.05) is 5.32 Å². The third-order valence-electron chi connectivity index (χ3n) is 4.22. The van der Waals surface area contributed by atoms with Gasteiger partial charge in [0.1, 0.15) is 6.17 Å². The number of hydrogen-bond donors (Lipinski definition) is 3. The van der Waals surface area contributed by atoms with E-state index in [-0.39, 0.29) is 11.5 Å². The average Bonchev–Trinajstić information content (AvgIpc) is 2.60. The molecule has 0 bridgehead atoms. The molecule has 1 unspecified atom stereocenters. The van der Waals surface area contributed by atoms with Crippen LogP contribution in [0.5, 0.6) is 0 Å². The number of rotatable bonds is 2. The van der Waals surface area contributed by atoms with Gasteiger partial charge in [0.05, 0.1) is 11.1 Å². The predicted octanol–water partition coefficient (Wildman–Crippen LogP) is 3.39. The Hall–Kier alpha value is -3.34. The molecule has 3 N–H and O–H groups in total. The summed E-state index contributed by atoms with van der Waals surface area (Å²) in [5, 5.41) is 17.4. The van der Waals surface area contributed by atoms with Crippen LogP contribution in [0, 0.1) is 0 Å². The molecule has 0 radical (unpaired) electrons. The zero-order chi connectivity index (χ0) is 16.7. The van der Waals surface area contributed by atoms with Crippen LogP contribution < -0.4 is 10.6 Å². The molecule has 0 spiro atoms. The van der Waals surface area contributed by atoms with Crippen LogP contribution in [-0.2, 0) is 0 Å². The first-order valence-corrected chi connectivity index (χ1v) is 7.56. The largest absolute Gasteiger partial charge is 0.478 e. The monoisotopic (exact) mass is 318 g/mol. The lowest BCUT2D eigenvalue weighted by atomic mass is 9.99. The summed E-state index contributed by atoms with van der Waals surface area (Å²) in [6.45, 7) is 0. The zero-order valence-electron chi connectivity index (χ0n) is 12.6. The van der Waals surface area contributed by atoms with Crippen molar-refractivity contribution in [2.24, 2.45) is 0 Å². The third kappa shape index (κ3) is 2.27. The van der Waals surface area contributed by atoms with Gasteiger partial charge in [0, 0.05) is 11.3 Å². The molecule has 0 saturated heterocycles. The van der Waals surface area contributed by atoms with Crippen LogP contribution in [0.1, 0.15) is 32.4 Å². The molecule has 1 amide bonds. The Labute approximate surface area is 137 Å². The molecular weight excluding hydrogens is 304 g/mol. The molecule has 1 aliphatic heterocycles. The van der Waals surface area contributed by atoms with Crippen molar-refractivity contribution >= 4 is 28.3 Å². The summed E-state index contributed by atoms with van der Waals surface area (Å²) in [6, 6.07) is 18.3. The summed E-state index contributed by atoms with van der Waals surface area (Å²) in [5.74, 6) is -1.24. The second-order valence-electron chi connectivity index (χ2n) is 5.68. The van der Waals surface area contributed by atoms with E-state index in [1.807, 2.05) is 42.5 Å². The molecular formula is C19H14N2O3. The maximum absolute atomic E-state index is 12.4. The van der Waals surface area contributed by atoms with Crippen LogP contribution in [0.2, 0.25) is 0 Å². The number of carboxylic acid groups (broad SMARTS) is 1. The lowest BCUT2D eigenvalue weighted by Crippen LogP contribution is -2.38. The molecule has 24 heavy (non-hydrogen) atoms. The van der Waals surface area contributed by atoms with E-state index < -0.39 is 12.1 Å². The lowest BCUT2D eigenvalue weighted by Gasteiger charge is -2.29. The number of anilines is 1. The van der Waals surface area contributed by atoms with E-state index in [1.54, 1.807) is 0 Å². The predicted molar refractivity (Wildman–Crippen MR) is 91.2 cm³/mol. The van der Waals surface area contributed by atoms with Crippen molar-refractivity contribution < 1.29 is 14.7 Å². The minimum absolute atomic E-state index is 0.146. The molecule has 1 heterocycles. The Bertz CT molecular complexity index is 976. The number of carbonyl (C=O) groups excluding carboxylic acids is 1. The lowest BCUT2D eigenvalue weighted by molar-refractivity contribution is 0.0696. The Morgan fingerprint density at radius 1 is 0.958 bits per heavy atom. The summed E-state index contributed by atoms with van der Waals surface area (Å²) in [6.07, 6.45) is -0.417. The van der Waals surface area contributed by atoms with Gasteiger partial charge in [-0.05, 0) is 29.0 Å². The van der Waals surface area contributed by atoms with E-state index in [1.165, 1.54) is 18.2 Å².